The molecule has 0 aliphatic rings. The van der Waals surface area contributed by atoms with Gasteiger partial charge in [0.1, 0.15) is 11.1 Å². The lowest BCUT2D eigenvalue weighted by molar-refractivity contribution is 1.10. The van der Waals surface area contributed by atoms with E-state index in [0.29, 0.717) is 12.1 Å². The van der Waals surface area contributed by atoms with Crippen molar-refractivity contribution in [1.82, 2.24) is 9.97 Å². The molecule has 4 nitrogen and oxygen atoms in total. The third-order valence-electron chi connectivity index (χ3n) is 2.98. The van der Waals surface area contributed by atoms with Crippen LogP contribution in [0.25, 0.3) is 10.9 Å². The van der Waals surface area contributed by atoms with Crippen molar-refractivity contribution < 1.29 is 0 Å². The fourth-order valence-corrected chi connectivity index (χ4v) is 2.79. The second kappa shape index (κ2) is 5.27. The zero-order valence-electron chi connectivity index (χ0n) is 10.9. The van der Waals surface area contributed by atoms with Gasteiger partial charge in [-0.25, -0.2) is 4.98 Å². The Morgan fingerprint density at radius 1 is 1.25 bits per heavy atom. The number of aryl methyl sites for hydroxylation is 1. The van der Waals surface area contributed by atoms with E-state index in [1.54, 1.807) is 17.5 Å². The molecule has 3 rings (SSSR count). The summed E-state index contributed by atoms with van der Waals surface area (Å²) in [6.07, 6.45) is 3.47. The molecule has 0 saturated heterocycles. The van der Waals surface area contributed by atoms with E-state index in [4.69, 9.17) is 0 Å². The Bertz CT molecular complexity index is 801. The number of thiazole rings is 1. The number of nitrogens with one attached hydrogen (secondary N) is 1. The number of anilines is 1. The van der Waals surface area contributed by atoms with Crippen molar-refractivity contribution in [3.8, 4) is 6.07 Å². The van der Waals surface area contributed by atoms with Gasteiger partial charge in [-0.05, 0) is 13.0 Å². The molecule has 0 spiro atoms. The number of nitriles is 1. The molecule has 0 fully saturated rings. The van der Waals surface area contributed by atoms with Crippen LogP contribution >= 0.6 is 11.3 Å². The standard InChI is InChI=1S/C15H12N4S/c1-10-7-18-14(20-10)9-19-15-11(6-16)8-17-13-5-3-2-4-12(13)15/h2-5,7-8H,9H2,1H3,(H,17,19). The smallest absolute Gasteiger partial charge is 0.112 e. The van der Waals surface area contributed by atoms with E-state index in [1.165, 1.54) is 4.88 Å². The Morgan fingerprint density at radius 3 is 2.85 bits per heavy atom. The Morgan fingerprint density at radius 2 is 2.10 bits per heavy atom. The highest BCUT2D eigenvalue weighted by atomic mass is 32.1. The number of para-hydroxylation sites is 1. The second-order valence-electron chi connectivity index (χ2n) is 4.39. The maximum Gasteiger partial charge on any atom is 0.112 e. The van der Waals surface area contributed by atoms with E-state index < -0.39 is 0 Å². The van der Waals surface area contributed by atoms with Crippen molar-refractivity contribution >= 4 is 27.9 Å². The summed E-state index contributed by atoms with van der Waals surface area (Å²) in [5, 5.41) is 14.5. The van der Waals surface area contributed by atoms with Gasteiger partial charge in [-0.1, -0.05) is 18.2 Å². The molecular weight excluding hydrogens is 268 g/mol. The highest BCUT2D eigenvalue weighted by Gasteiger charge is 2.09. The number of hydrogen-bond donors (Lipinski definition) is 1. The highest BCUT2D eigenvalue weighted by Crippen LogP contribution is 2.26. The van der Waals surface area contributed by atoms with Crippen molar-refractivity contribution in [2.45, 2.75) is 13.5 Å². The second-order valence-corrected chi connectivity index (χ2v) is 5.71. The van der Waals surface area contributed by atoms with Crippen LogP contribution in [-0.2, 0) is 6.54 Å². The van der Waals surface area contributed by atoms with Crippen molar-refractivity contribution in [2.75, 3.05) is 5.32 Å². The molecule has 0 aliphatic carbocycles. The lowest BCUT2D eigenvalue weighted by Gasteiger charge is -2.09. The number of aromatic nitrogens is 2. The van der Waals surface area contributed by atoms with Crippen LogP contribution in [-0.4, -0.2) is 9.97 Å². The normalized spacial score (nSPS) is 10.4. The van der Waals surface area contributed by atoms with Crippen LogP contribution in [0.1, 0.15) is 15.4 Å². The van der Waals surface area contributed by atoms with E-state index in [2.05, 4.69) is 21.4 Å². The predicted molar refractivity (Wildman–Crippen MR) is 80.6 cm³/mol. The fraction of sp³-hybridized carbons (Fsp3) is 0.133. The quantitative estimate of drug-likeness (QED) is 0.797. The Balaban J connectivity index is 1.98. The van der Waals surface area contributed by atoms with E-state index in [0.717, 1.165) is 21.6 Å². The topological polar surface area (TPSA) is 61.6 Å². The average molecular weight is 280 g/mol. The van der Waals surface area contributed by atoms with Gasteiger partial charge in [0, 0.05) is 22.7 Å². The molecule has 0 bridgehead atoms. The summed E-state index contributed by atoms with van der Waals surface area (Å²) in [6.45, 7) is 2.64. The maximum absolute atomic E-state index is 9.24. The number of nitrogens with zero attached hydrogens (tertiary/aromatic N) is 3. The molecule has 5 heteroatoms. The fourth-order valence-electron chi connectivity index (χ4n) is 2.06. The number of hydrogen-bond acceptors (Lipinski definition) is 5. The molecule has 0 atom stereocenters. The summed E-state index contributed by atoms with van der Waals surface area (Å²) in [5.74, 6) is 0. The first kappa shape index (κ1) is 12.6. The summed E-state index contributed by atoms with van der Waals surface area (Å²) in [4.78, 5) is 9.80. The van der Waals surface area contributed by atoms with E-state index in [1.807, 2.05) is 37.4 Å². The lowest BCUT2D eigenvalue weighted by atomic mass is 10.1. The van der Waals surface area contributed by atoms with Crippen molar-refractivity contribution in [3.05, 3.63) is 52.1 Å². The third-order valence-corrected chi connectivity index (χ3v) is 3.89. The van der Waals surface area contributed by atoms with Gasteiger partial charge in [-0.2, -0.15) is 5.26 Å². The molecule has 0 saturated carbocycles. The van der Waals surface area contributed by atoms with Gasteiger partial charge in [0.15, 0.2) is 0 Å². The van der Waals surface area contributed by atoms with E-state index in [9.17, 15) is 5.26 Å². The van der Waals surface area contributed by atoms with Gasteiger partial charge >= 0.3 is 0 Å². The lowest BCUT2D eigenvalue weighted by Crippen LogP contribution is -2.02. The summed E-state index contributed by atoms with van der Waals surface area (Å²) < 4.78 is 0. The summed E-state index contributed by atoms with van der Waals surface area (Å²) in [7, 11) is 0. The third kappa shape index (κ3) is 2.33. The average Bonchev–Trinajstić information content (AvgIpc) is 2.90. The van der Waals surface area contributed by atoms with Crippen LogP contribution in [0.4, 0.5) is 5.69 Å². The zero-order chi connectivity index (χ0) is 13.9. The number of fused-ring (bicyclic) bond motifs is 1. The monoisotopic (exact) mass is 280 g/mol. The van der Waals surface area contributed by atoms with Crippen molar-refractivity contribution in [3.63, 3.8) is 0 Å². The molecule has 98 valence electrons. The summed E-state index contributed by atoms with van der Waals surface area (Å²) in [5.41, 5.74) is 2.26. The Kier molecular flexibility index (Phi) is 3.32. The van der Waals surface area contributed by atoms with Gasteiger partial charge < -0.3 is 5.32 Å². The van der Waals surface area contributed by atoms with Crippen LogP contribution < -0.4 is 5.32 Å². The highest BCUT2D eigenvalue weighted by molar-refractivity contribution is 7.11. The molecular formula is C15H12N4S. The van der Waals surface area contributed by atoms with Crippen molar-refractivity contribution in [1.29, 1.82) is 5.26 Å². The number of pyridine rings is 1. The molecule has 1 N–H and O–H groups in total. The van der Waals surface area contributed by atoms with Gasteiger partial charge in [-0.3, -0.25) is 4.98 Å². The first-order valence-corrected chi connectivity index (χ1v) is 7.02. The molecule has 0 radical (unpaired) electrons. The van der Waals surface area contributed by atoms with E-state index in [-0.39, 0.29) is 0 Å². The van der Waals surface area contributed by atoms with Gasteiger partial charge in [-0.15, -0.1) is 11.3 Å². The molecule has 0 aliphatic heterocycles. The number of benzene rings is 1. The molecule has 0 unspecified atom stereocenters. The minimum Gasteiger partial charge on any atom is -0.377 e. The first-order chi connectivity index (χ1) is 9.78. The van der Waals surface area contributed by atoms with Crippen LogP contribution in [0, 0.1) is 18.3 Å². The maximum atomic E-state index is 9.24. The number of rotatable bonds is 3. The van der Waals surface area contributed by atoms with Gasteiger partial charge in [0.05, 0.1) is 23.3 Å². The summed E-state index contributed by atoms with van der Waals surface area (Å²) >= 11 is 1.65. The van der Waals surface area contributed by atoms with Crippen LogP contribution in [0.5, 0.6) is 0 Å². The first-order valence-electron chi connectivity index (χ1n) is 6.21. The Labute approximate surface area is 120 Å². The van der Waals surface area contributed by atoms with Crippen LogP contribution in [0.15, 0.2) is 36.7 Å². The largest absolute Gasteiger partial charge is 0.377 e. The Hall–Kier alpha value is -2.45. The summed E-state index contributed by atoms with van der Waals surface area (Å²) in [6, 6.07) is 9.99. The molecule has 3 aromatic rings. The minimum atomic E-state index is 0.553. The SMILES string of the molecule is Cc1cnc(CNc2c(C#N)cnc3ccccc23)s1. The zero-order valence-corrected chi connectivity index (χ0v) is 11.7. The minimum absolute atomic E-state index is 0.553. The predicted octanol–water partition coefficient (Wildman–Crippen LogP) is 3.48. The molecule has 2 heterocycles. The van der Waals surface area contributed by atoms with Crippen LogP contribution in [0.2, 0.25) is 0 Å². The molecule has 0 amide bonds. The van der Waals surface area contributed by atoms with E-state index >= 15 is 0 Å². The van der Waals surface area contributed by atoms with Crippen LogP contribution in [0.3, 0.4) is 0 Å². The van der Waals surface area contributed by atoms with Crippen molar-refractivity contribution in [2.24, 2.45) is 0 Å². The van der Waals surface area contributed by atoms with Gasteiger partial charge in [0.25, 0.3) is 0 Å². The molecule has 20 heavy (non-hydrogen) atoms. The molecule has 2 aromatic heterocycles. The van der Waals surface area contributed by atoms with Gasteiger partial charge in [0.2, 0.25) is 0 Å². The molecule has 1 aromatic carbocycles.